The highest BCUT2D eigenvalue weighted by molar-refractivity contribution is 5.83. The van der Waals surface area contributed by atoms with Gasteiger partial charge in [-0.3, -0.25) is 10.0 Å². The summed E-state index contributed by atoms with van der Waals surface area (Å²) in [7, 11) is 0. The highest BCUT2D eigenvalue weighted by Gasteiger charge is 2.10. The maximum absolute atomic E-state index is 5.51. The average molecular weight is 128 g/mol. The molecule has 0 aromatic heterocycles. The third kappa shape index (κ3) is 1.40. The molecule has 0 atom stereocenters. The van der Waals surface area contributed by atoms with Gasteiger partial charge in [-0.1, -0.05) is 0 Å². The summed E-state index contributed by atoms with van der Waals surface area (Å²) >= 11 is 0. The van der Waals surface area contributed by atoms with Crippen molar-refractivity contribution in [3.05, 3.63) is 0 Å². The molecule has 4 nitrogen and oxygen atoms in total. The molecule has 4 heteroatoms. The van der Waals surface area contributed by atoms with Crippen LogP contribution in [0.3, 0.4) is 0 Å². The van der Waals surface area contributed by atoms with Gasteiger partial charge in [-0.15, -0.1) is 0 Å². The molecule has 0 radical (unpaired) electrons. The zero-order chi connectivity index (χ0) is 6.69. The number of rotatable bonds is 2. The first-order chi connectivity index (χ1) is 4.34. The molecule has 0 spiro atoms. The SMILES string of the molecule is NCCC1=NCCN1N. The summed E-state index contributed by atoms with van der Waals surface area (Å²) in [6, 6.07) is 0. The van der Waals surface area contributed by atoms with Crippen molar-refractivity contribution in [2.75, 3.05) is 19.6 Å². The van der Waals surface area contributed by atoms with Crippen LogP contribution >= 0.6 is 0 Å². The van der Waals surface area contributed by atoms with E-state index in [2.05, 4.69) is 4.99 Å². The summed E-state index contributed by atoms with van der Waals surface area (Å²) in [5.41, 5.74) is 5.31. The molecule has 0 unspecified atom stereocenters. The number of hydrogen-bond acceptors (Lipinski definition) is 4. The molecule has 1 aliphatic heterocycles. The Labute approximate surface area is 54.5 Å². The maximum atomic E-state index is 5.51. The van der Waals surface area contributed by atoms with Crippen LogP contribution in [-0.2, 0) is 0 Å². The fourth-order valence-corrected chi connectivity index (χ4v) is 0.858. The molecule has 0 aromatic carbocycles. The predicted octanol–water partition coefficient (Wildman–Crippen LogP) is -1.08. The smallest absolute Gasteiger partial charge is 0.114 e. The molecule has 0 aromatic rings. The first-order valence-corrected chi connectivity index (χ1v) is 3.10. The van der Waals surface area contributed by atoms with Crippen LogP contribution in [0.25, 0.3) is 0 Å². The molecular formula is C5H12N4. The van der Waals surface area contributed by atoms with Gasteiger partial charge in [-0.25, -0.2) is 5.84 Å². The summed E-state index contributed by atoms with van der Waals surface area (Å²) in [4.78, 5) is 4.14. The lowest BCUT2D eigenvalue weighted by Gasteiger charge is -2.11. The van der Waals surface area contributed by atoms with Gasteiger partial charge in [0.1, 0.15) is 5.84 Å². The van der Waals surface area contributed by atoms with Gasteiger partial charge >= 0.3 is 0 Å². The minimum absolute atomic E-state index is 0.631. The van der Waals surface area contributed by atoms with Crippen LogP contribution in [0, 0.1) is 0 Å². The Hall–Kier alpha value is -0.610. The van der Waals surface area contributed by atoms with Crippen molar-refractivity contribution < 1.29 is 0 Å². The van der Waals surface area contributed by atoms with Crippen LogP contribution < -0.4 is 11.6 Å². The monoisotopic (exact) mass is 128 g/mol. The van der Waals surface area contributed by atoms with E-state index in [-0.39, 0.29) is 0 Å². The molecule has 4 N–H and O–H groups in total. The maximum Gasteiger partial charge on any atom is 0.114 e. The third-order valence-corrected chi connectivity index (χ3v) is 1.33. The third-order valence-electron chi connectivity index (χ3n) is 1.33. The van der Waals surface area contributed by atoms with Crippen LogP contribution in [0.5, 0.6) is 0 Å². The first kappa shape index (κ1) is 6.51. The van der Waals surface area contributed by atoms with Gasteiger partial charge < -0.3 is 5.73 Å². The van der Waals surface area contributed by atoms with Crippen LogP contribution in [-0.4, -0.2) is 30.5 Å². The summed E-state index contributed by atoms with van der Waals surface area (Å²) in [6.07, 6.45) is 0.802. The quantitative estimate of drug-likeness (QED) is 0.465. The van der Waals surface area contributed by atoms with Gasteiger partial charge in [0.25, 0.3) is 0 Å². The van der Waals surface area contributed by atoms with Crippen LogP contribution in [0.2, 0.25) is 0 Å². The van der Waals surface area contributed by atoms with Gasteiger partial charge in [0, 0.05) is 6.42 Å². The number of amidine groups is 1. The molecule has 9 heavy (non-hydrogen) atoms. The summed E-state index contributed by atoms with van der Waals surface area (Å²) in [5.74, 6) is 6.45. The second-order valence-corrected chi connectivity index (χ2v) is 2.03. The molecule has 0 aliphatic carbocycles. The average Bonchev–Trinajstić information content (AvgIpc) is 2.18. The lowest BCUT2D eigenvalue weighted by atomic mass is 10.4. The lowest BCUT2D eigenvalue weighted by Crippen LogP contribution is -2.35. The second-order valence-electron chi connectivity index (χ2n) is 2.03. The Morgan fingerprint density at radius 3 is 2.89 bits per heavy atom. The van der Waals surface area contributed by atoms with E-state index in [1.165, 1.54) is 0 Å². The topological polar surface area (TPSA) is 67.6 Å². The molecular weight excluding hydrogens is 116 g/mol. The second kappa shape index (κ2) is 2.80. The highest BCUT2D eigenvalue weighted by Crippen LogP contribution is 1.97. The van der Waals surface area contributed by atoms with Crippen molar-refractivity contribution in [2.24, 2.45) is 16.6 Å². The largest absolute Gasteiger partial charge is 0.330 e. The first-order valence-electron chi connectivity index (χ1n) is 3.10. The fraction of sp³-hybridized carbons (Fsp3) is 0.800. The Kier molecular flexibility index (Phi) is 2.02. The van der Waals surface area contributed by atoms with E-state index in [1.807, 2.05) is 0 Å². The van der Waals surface area contributed by atoms with Crippen molar-refractivity contribution in [2.45, 2.75) is 6.42 Å². The molecule has 0 amide bonds. The molecule has 0 saturated heterocycles. The molecule has 1 aliphatic rings. The fourth-order valence-electron chi connectivity index (χ4n) is 0.858. The molecule has 1 heterocycles. The minimum atomic E-state index is 0.631. The van der Waals surface area contributed by atoms with Crippen LogP contribution in [0.1, 0.15) is 6.42 Å². The number of hydrogen-bond donors (Lipinski definition) is 2. The van der Waals surface area contributed by atoms with E-state index in [9.17, 15) is 0 Å². The van der Waals surface area contributed by atoms with Gasteiger partial charge in [0.2, 0.25) is 0 Å². The molecule has 0 fully saturated rings. The Morgan fingerprint density at radius 1 is 1.67 bits per heavy atom. The number of nitrogens with zero attached hydrogens (tertiary/aromatic N) is 2. The van der Waals surface area contributed by atoms with Crippen molar-refractivity contribution in [1.29, 1.82) is 0 Å². The van der Waals surface area contributed by atoms with E-state index in [1.54, 1.807) is 5.01 Å². The van der Waals surface area contributed by atoms with Crippen LogP contribution in [0.4, 0.5) is 0 Å². The van der Waals surface area contributed by atoms with Crippen molar-refractivity contribution in [1.82, 2.24) is 5.01 Å². The van der Waals surface area contributed by atoms with Crippen molar-refractivity contribution in [3.63, 3.8) is 0 Å². The van der Waals surface area contributed by atoms with Crippen molar-refractivity contribution in [3.8, 4) is 0 Å². The number of nitrogens with two attached hydrogens (primary N) is 2. The highest BCUT2D eigenvalue weighted by atomic mass is 15.4. The minimum Gasteiger partial charge on any atom is -0.330 e. The predicted molar refractivity (Wildman–Crippen MR) is 36.9 cm³/mol. The van der Waals surface area contributed by atoms with Crippen molar-refractivity contribution >= 4 is 5.84 Å². The summed E-state index contributed by atoms with van der Waals surface area (Å²) in [6.45, 7) is 2.30. The van der Waals surface area contributed by atoms with Gasteiger partial charge in [-0.2, -0.15) is 0 Å². The Bertz CT molecular complexity index is 120. The zero-order valence-electron chi connectivity index (χ0n) is 5.38. The van der Waals surface area contributed by atoms with Gasteiger partial charge in [-0.05, 0) is 6.54 Å². The van der Waals surface area contributed by atoms with E-state index >= 15 is 0 Å². The Balaban J connectivity index is 2.38. The normalized spacial score (nSPS) is 18.4. The number of aliphatic imine (C=N–C) groups is 1. The van der Waals surface area contributed by atoms with Crippen LogP contribution in [0.15, 0.2) is 4.99 Å². The van der Waals surface area contributed by atoms with E-state index in [0.717, 1.165) is 25.3 Å². The van der Waals surface area contributed by atoms with E-state index in [4.69, 9.17) is 11.6 Å². The summed E-state index contributed by atoms with van der Waals surface area (Å²) in [5, 5.41) is 1.66. The van der Waals surface area contributed by atoms with Gasteiger partial charge in [0.15, 0.2) is 0 Å². The van der Waals surface area contributed by atoms with E-state index < -0.39 is 0 Å². The van der Waals surface area contributed by atoms with Gasteiger partial charge in [0.05, 0.1) is 13.1 Å². The molecule has 52 valence electrons. The zero-order valence-corrected chi connectivity index (χ0v) is 5.38. The molecule has 1 rings (SSSR count). The molecule has 0 saturated carbocycles. The number of hydrazine groups is 1. The Morgan fingerprint density at radius 2 is 2.44 bits per heavy atom. The molecule has 0 bridgehead atoms. The van der Waals surface area contributed by atoms with E-state index in [0.29, 0.717) is 6.54 Å². The lowest BCUT2D eigenvalue weighted by molar-refractivity contribution is 0.475. The standard InChI is InChI=1S/C5H12N4/c6-2-1-5-8-3-4-9(5)7/h1-4,6-7H2. The summed E-state index contributed by atoms with van der Waals surface area (Å²) < 4.78 is 0.